The summed E-state index contributed by atoms with van der Waals surface area (Å²) in [6.07, 6.45) is 8.84. The Balaban J connectivity index is 1.54. The average Bonchev–Trinajstić information content (AvgIpc) is 2.66. The van der Waals surface area contributed by atoms with Gasteiger partial charge >= 0.3 is 0 Å². The lowest BCUT2D eigenvalue weighted by atomic mass is 9.69. The monoisotopic (exact) mass is 376 g/mol. The molecule has 0 amide bonds. The van der Waals surface area contributed by atoms with E-state index >= 15 is 0 Å². The number of rotatable bonds is 6. The Kier molecular flexibility index (Phi) is 6.20. The molecule has 0 spiro atoms. The van der Waals surface area contributed by atoms with Gasteiger partial charge in [0.2, 0.25) is 0 Å². The van der Waals surface area contributed by atoms with Gasteiger partial charge in [0.25, 0.3) is 0 Å². The van der Waals surface area contributed by atoms with Crippen LogP contribution in [0.1, 0.15) is 50.5 Å². The quantitative estimate of drug-likeness (QED) is 0.754. The highest BCUT2D eigenvalue weighted by Crippen LogP contribution is 2.43. The van der Waals surface area contributed by atoms with Crippen LogP contribution >= 0.6 is 11.6 Å². The number of hydrogen-bond donors (Lipinski definition) is 1. The first-order valence-electron chi connectivity index (χ1n) is 10.6. The van der Waals surface area contributed by atoms with Crippen molar-refractivity contribution in [3.8, 4) is 0 Å². The van der Waals surface area contributed by atoms with Gasteiger partial charge in [-0.2, -0.15) is 0 Å². The number of benzene rings is 1. The van der Waals surface area contributed by atoms with E-state index in [4.69, 9.17) is 11.6 Å². The predicted octanol–water partition coefficient (Wildman–Crippen LogP) is 4.18. The van der Waals surface area contributed by atoms with Gasteiger partial charge in [0.05, 0.1) is 0 Å². The van der Waals surface area contributed by atoms with Crippen LogP contribution in [0.3, 0.4) is 0 Å². The summed E-state index contributed by atoms with van der Waals surface area (Å²) >= 11 is 6.09. The van der Waals surface area contributed by atoms with Crippen molar-refractivity contribution in [2.75, 3.05) is 26.2 Å². The lowest BCUT2D eigenvalue weighted by Crippen LogP contribution is -2.64. The molecule has 1 N–H and O–H groups in total. The summed E-state index contributed by atoms with van der Waals surface area (Å²) in [7, 11) is 0. The third kappa shape index (κ3) is 3.96. The molecule has 3 aliphatic heterocycles. The molecule has 1 aromatic rings. The number of likely N-dealkylation sites (tertiary alicyclic amines) is 1. The second kappa shape index (κ2) is 8.60. The van der Waals surface area contributed by atoms with Crippen LogP contribution in [0, 0.1) is 11.8 Å². The molecule has 4 atom stereocenters. The minimum atomic E-state index is 0.326. The Morgan fingerprint density at radius 1 is 1.04 bits per heavy atom. The van der Waals surface area contributed by atoms with Crippen LogP contribution in [-0.2, 0) is 6.54 Å². The van der Waals surface area contributed by atoms with Gasteiger partial charge in [0, 0.05) is 36.8 Å². The molecule has 0 aliphatic carbocycles. The van der Waals surface area contributed by atoms with Gasteiger partial charge in [-0.15, -0.1) is 0 Å². The molecule has 144 valence electrons. The van der Waals surface area contributed by atoms with E-state index in [1.807, 2.05) is 12.1 Å². The third-order valence-corrected chi connectivity index (χ3v) is 7.24. The molecular weight excluding hydrogens is 344 g/mol. The SMILES string of the molecule is OCCCC[C@@H]1[C@H]2CCCN3CCC[C@@H](CN1Cc1ccc(Cl)cc1)[C@@H]23. The van der Waals surface area contributed by atoms with Gasteiger partial charge in [0.15, 0.2) is 0 Å². The molecule has 3 nitrogen and oxygen atoms in total. The highest BCUT2D eigenvalue weighted by molar-refractivity contribution is 6.30. The number of nitrogens with zero attached hydrogens (tertiary/aromatic N) is 2. The van der Waals surface area contributed by atoms with Crippen molar-refractivity contribution < 1.29 is 5.11 Å². The number of piperidine rings is 3. The van der Waals surface area contributed by atoms with E-state index in [1.54, 1.807) is 0 Å². The standard InChI is InChI=1S/C22H33ClN2O/c23-19-10-8-17(9-11-19)15-25-16-18-5-3-12-24-13-4-6-20(22(18)24)21(25)7-1-2-14-26/h8-11,18,20-22,26H,1-7,12-16H2/t18-,20+,21+,22-/m0/s1. The Labute approximate surface area is 163 Å². The van der Waals surface area contributed by atoms with Gasteiger partial charge in [-0.3, -0.25) is 9.80 Å². The summed E-state index contributed by atoms with van der Waals surface area (Å²) in [5.74, 6) is 1.66. The molecular formula is C22H33ClN2O. The average molecular weight is 377 g/mol. The third-order valence-electron chi connectivity index (χ3n) is 6.99. The molecule has 3 fully saturated rings. The number of halogens is 1. The van der Waals surface area contributed by atoms with E-state index in [1.165, 1.54) is 57.3 Å². The van der Waals surface area contributed by atoms with Crippen molar-refractivity contribution in [2.45, 2.75) is 63.6 Å². The fourth-order valence-corrected chi connectivity index (χ4v) is 6.08. The number of hydrogen-bond acceptors (Lipinski definition) is 3. The highest BCUT2D eigenvalue weighted by Gasteiger charge is 2.47. The van der Waals surface area contributed by atoms with E-state index in [0.29, 0.717) is 12.6 Å². The van der Waals surface area contributed by atoms with Gasteiger partial charge < -0.3 is 5.11 Å². The summed E-state index contributed by atoms with van der Waals surface area (Å²) in [5, 5.41) is 10.1. The lowest BCUT2D eigenvalue weighted by molar-refractivity contribution is -0.0812. The van der Waals surface area contributed by atoms with E-state index in [-0.39, 0.29) is 0 Å². The molecule has 0 bridgehead atoms. The Morgan fingerprint density at radius 2 is 1.81 bits per heavy atom. The van der Waals surface area contributed by atoms with Crippen LogP contribution in [-0.4, -0.2) is 53.2 Å². The summed E-state index contributed by atoms with van der Waals surface area (Å²) in [6.45, 7) is 5.24. The zero-order valence-corrected chi connectivity index (χ0v) is 16.6. The van der Waals surface area contributed by atoms with Crippen molar-refractivity contribution in [1.82, 2.24) is 9.80 Å². The van der Waals surface area contributed by atoms with Crippen LogP contribution in [0.4, 0.5) is 0 Å². The molecule has 0 radical (unpaired) electrons. The number of unbranched alkanes of at least 4 members (excludes halogenated alkanes) is 1. The maximum Gasteiger partial charge on any atom is 0.0431 e. The number of aliphatic hydroxyl groups excluding tert-OH is 1. The van der Waals surface area contributed by atoms with Crippen LogP contribution in [0.25, 0.3) is 0 Å². The second-order valence-electron chi connectivity index (χ2n) is 8.58. The van der Waals surface area contributed by atoms with E-state index in [9.17, 15) is 5.11 Å². The summed E-state index contributed by atoms with van der Waals surface area (Å²) in [5.41, 5.74) is 1.38. The minimum Gasteiger partial charge on any atom is -0.396 e. The Bertz CT molecular complexity index is 576. The minimum absolute atomic E-state index is 0.326. The zero-order chi connectivity index (χ0) is 17.9. The molecule has 0 saturated carbocycles. The highest BCUT2D eigenvalue weighted by atomic mass is 35.5. The van der Waals surface area contributed by atoms with Crippen LogP contribution < -0.4 is 0 Å². The molecule has 3 saturated heterocycles. The fraction of sp³-hybridized carbons (Fsp3) is 0.727. The van der Waals surface area contributed by atoms with Gasteiger partial charge in [-0.25, -0.2) is 0 Å². The van der Waals surface area contributed by atoms with Crippen molar-refractivity contribution in [3.05, 3.63) is 34.9 Å². The van der Waals surface area contributed by atoms with E-state index < -0.39 is 0 Å². The fourth-order valence-electron chi connectivity index (χ4n) is 5.95. The van der Waals surface area contributed by atoms with E-state index in [0.717, 1.165) is 42.3 Å². The predicted molar refractivity (Wildman–Crippen MR) is 107 cm³/mol. The molecule has 4 heteroatoms. The molecule has 0 unspecified atom stereocenters. The largest absolute Gasteiger partial charge is 0.396 e. The maximum absolute atomic E-state index is 9.25. The topological polar surface area (TPSA) is 26.7 Å². The smallest absolute Gasteiger partial charge is 0.0431 e. The normalized spacial score (nSPS) is 32.4. The van der Waals surface area contributed by atoms with Crippen molar-refractivity contribution in [1.29, 1.82) is 0 Å². The summed E-state index contributed by atoms with van der Waals surface area (Å²) < 4.78 is 0. The second-order valence-corrected chi connectivity index (χ2v) is 9.01. The van der Waals surface area contributed by atoms with Crippen LogP contribution in [0.2, 0.25) is 5.02 Å². The first-order valence-corrected chi connectivity index (χ1v) is 11.0. The van der Waals surface area contributed by atoms with Gasteiger partial charge in [0.1, 0.15) is 0 Å². The van der Waals surface area contributed by atoms with Crippen molar-refractivity contribution in [3.63, 3.8) is 0 Å². The first kappa shape index (κ1) is 18.7. The molecule has 3 heterocycles. The molecule has 3 aliphatic rings. The Morgan fingerprint density at radius 3 is 2.58 bits per heavy atom. The number of aliphatic hydroxyl groups is 1. The summed E-state index contributed by atoms with van der Waals surface area (Å²) in [4.78, 5) is 5.60. The zero-order valence-electron chi connectivity index (χ0n) is 15.8. The van der Waals surface area contributed by atoms with E-state index in [2.05, 4.69) is 21.9 Å². The van der Waals surface area contributed by atoms with Crippen LogP contribution in [0.15, 0.2) is 24.3 Å². The first-order chi connectivity index (χ1) is 12.8. The molecule has 4 rings (SSSR count). The lowest BCUT2D eigenvalue weighted by Gasteiger charge is -2.57. The molecule has 1 aromatic carbocycles. The maximum atomic E-state index is 9.25. The van der Waals surface area contributed by atoms with Crippen LogP contribution in [0.5, 0.6) is 0 Å². The summed E-state index contributed by atoms with van der Waals surface area (Å²) in [6, 6.07) is 9.90. The molecule has 26 heavy (non-hydrogen) atoms. The van der Waals surface area contributed by atoms with Crippen molar-refractivity contribution >= 4 is 11.6 Å². The van der Waals surface area contributed by atoms with Gasteiger partial charge in [-0.05, 0) is 87.6 Å². The Hall–Kier alpha value is -0.610. The molecule has 0 aromatic heterocycles. The van der Waals surface area contributed by atoms with Crippen molar-refractivity contribution in [2.24, 2.45) is 11.8 Å². The van der Waals surface area contributed by atoms with Gasteiger partial charge in [-0.1, -0.05) is 23.7 Å².